The van der Waals surface area contributed by atoms with E-state index in [-0.39, 0.29) is 0 Å². The second-order valence-electron chi connectivity index (χ2n) is 0.447. The molecule has 4 heavy (non-hydrogen) atoms. The van der Waals surface area contributed by atoms with E-state index >= 15 is 0 Å². The molecule has 0 aliphatic carbocycles. The van der Waals surface area contributed by atoms with E-state index in [1.807, 2.05) is 0 Å². The van der Waals surface area contributed by atoms with Gasteiger partial charge >= 0.3 is 0 Å². The van der Waals surface area contributed by atoms with Crippen LogP contribution in [-0.4, -0.2) is 5.23 Å². The average molecular weight is 62.1 g/mol. The first-order valence-corrected chi connectivity index (χ1v) is 0.775. The van der Waals surface area contributed by atoms with E-state index in [0.29, 0.717) is 5.23 Å². The lowest BCUT2D eigenvalue weighted by molar-refractivity contribution is 0.306. The summed E-state index contributed by atoms with van der Waals surface area (Å²) in [5.41, 5.74) is 0. The molecule has 0 saturated heterocycles. The first-order valence-electron chi connectivity index (χ1n) is 0.775. The Kier molecular flexibility index (Phi) is 1.14. The number of hydrogen-bond donors (Lipinski definition) is 3. The van der Waals surface area contributed by atoms with Gasteiger partial charge in [-0.3, -0.25) is 0 Å². The van der Waals surface area contributed by atoms with Gasteiger partial charge in [-0.05, 0) is 0 Å². The molecular weight excluding hydrogens is 56.0 g/mol. The Hall–Kier alpha value is -0.160. The highest BCUT2D eigenvalue weighted by molar-refractivity contribution is 3.80. The Balaban J connectivity index is 2.32. The van der Waals surface area contributed by atoms with Crippen LogP contribution in [0.15, 0.2) is 0 Å². The zero-order valence-corrected chi connectivity index (χ0v) is 2.18. The first-order chi connectivity index (χ1) is 1.73. The number of hydrogen-bond acceptors (Lipinski definition) is 4. The van der Waals surface area contributed by atoms with Crippen molar-refractivity contribution in [3.63, 3.8) is 0 Å². The SMILES string of the molecule is NN(N)N. The number of nitrogens with zero attached hydrogens (tertiary/aromatic N) is 1. The minimum absolute atomic E-state index is 0.500. The van der Waals surface area contributed by atoms with Crippen molar-refractivity contribution in [2.24, 2.45) is 17.5 Å². The maximum atomic E-state index is 4.50. The van der Waals surface area contributed by atoms with Gasteiger partial charge in [0.15, 0.2) is 0 Å². The summed E-state index contributed by atoms with van der Waals surface area (Å²) in [4.78, 5) is 0. The molecule has 0 saturated carbocycles. The highest BCUT2D eigenvalue weighted by atomic mass is 15.7. The van der Waals surface area contributed by atoms with Crippen molar-refractivity contribution in [3.8, 4) is 0 Å². The van der Waals surface area contributed by atoms with Gasteiger partial charge in [0.1, 0.15) is 0 Å². The Morgan fingerprint density at radius 2 is 1.00 bits per heavy atom. The summed E-state index contributed by atoms with van der Waals surface area (Å²) >= 11 is 0. The van der Waals surface area contributed by atoms with E-state index in [1.165, 1.54) is 0 Å². The van der Waals surface area contributed by atoms with Crippen LogP contribution in [0.25, 0.3) is 0 Å². The van der Waals surface area contributed by atoms with Crippen LogP contribution in [0.3, 0.4) is 0 Å². The van der Waals surface area contributed by atoms with Gasteiger partial charge in [0, 0.05) is 0 Å². The van der Waals surface area contributed by atoms with Crippen molar-refractivity contribution in [1.82, 2.24) is 5.23 Å². The van der Waals surface area contributed by atoms with Crippen molar-refractivity contribution in [3.05, 3.63) is 0 Å². The highest BCUT2D eigenvalue weighted by Gasteiger charge is 1.55. The van der Waals surface area contributed by atoms with E-state index in [4.69, 9.17) is 0 Å². The molecule has 0 amide bonds. The normalized spacial score (nSPS) is 9.00. The van der Waals surface area contributed by atoms with Crippen molar-refractivity contribution in [1.29, 1.82) is 0 Å². The van der Waals surface area contributed by atoms with E-state index in [9.17, 15) is 0 Å². The molecule has 0 aromatic rings. The third-order valence-corrected chi connectivity index (χ3v) is 0. The lowest BCUT2D eigenvalue weighted by atomic mass is 12.3. The second kappa shape index (κ2) is 1.19. The Bertz CT molecular complexity index is 4.75. The molecule has 4 nitrogen and oxygen atoms in total. The fraction of sp³-hybridized carbons (Fsp3) is 0. The predicted molar refractivity (Wildman–Crippen MR) is 14.4 cm³/mol. The molecule has 6 N–H and O–H groups in total. The molecule has 4 heteroatoms. The smallest absolute Gasteiger partial charge is 0.120 e. The molecule has 0 fully saturated rings. The molecule has 0 aromatic carbocycles. The molecule has 0 aliphatic rings. The maximum absolute atomic E-state index is 4.50. The maximum Gasteiger partial charge on any atom is -0.120 e. The number of nitrogens with two attached hydrogens (primary N) is 3. The van der Waals surface area contributed by atoms with E-state index in [2.05, 4.69) is 17.5 Å². The van der Waals surface area contributed by atoms with Crippen molar-refractivity contribution in [2.75, 3.05) is 0 Å². The highest BCUT2D eigenvalue weighted by Crippen LogP contribution is 1.10. The van der Waals surface area contributed by atoms with Gasteiger partial charge in [0.05, 0.1) is 0 Å². The van der Waals surface area contributed by atoms with Crippen LogP contribution >= 0.6 is 0 Å². The topological polar surface area (TPSA) is 81.3 Å². The molecule has 0 aromatic heterocycles. The minimum atomic E-state index is 0.500. The third kappa shape index (κ3) is 50.7. The predicted octanol–water partition coefficient (Wildman–Crippen LogP) is -2.09. The van der Waals surface area contributed by atoms with Crippen LogP contribution in [0.1, 0.15) is 0 Å². The molecule has 0 rings (SSSR count). The largest absolute Gasteiger partial charge is 0.241 e. The fourth-order valence-electron chi connectivity index (χ4n) is 0. The van der Waals surface area contributed by atoms with Crippen molar-refractivity contribution < 1.29 is 0 Å². The van der Waals surface area contributed by atoms with E-state index in [1.54, 1.807) is 0 Å². The van der Waals surface area contributed by atoms with Crippen molar-refractivity contribution in [2.45, 2.75) is 0 Å². The van der Waals surface area contributed by atoms with Gasteiger partial charge < -0.3 is 0 Å². The Morgan fingerprint density at radius 1 is 1.00 bits per heavy atom. The van der Waals surface area contributed by atoms with Gasteiger partial charge in [0.2, 0.25) is 0 Å². The molecule has 0 heterocycles. The van der Waals surface area contributed by atoms with Crippen LogP contribution < -0.4 is 17.5 Å². The van der Waals surface area contributed by atoms with Gasteiger partial charge in [-0.1, -0.05) is 0 Å². The molecule has 0 radical (unpaired) electrons. The lowest BCUT2D eigenvalue weighted by Crippen LogP contribution is -2.43. The van der Waals surface area contributed by atoms with Gasteiger partial charge in [-0.15, -0.1) is 5.23 Å². The summed E-state index contributed by atoms with van der Waals surface area (Å²) in [6.07, 6.45) is 0. The standard InChI is InChI=1S/H6N4/c1-4(2)3/h1-3H2. The summed E-state index contributed by atoms with van der Waals surface area (Å²) < 4.78 is 0. The van der Waals surface area contributed by atoms with E-state index < -0.39 is 0 Å². The molecule has 0 spiro atoms. The number of hydrazine groups is 3. The van der Waals surface area contributed by atoms with E-state index in [0.717, 1.165) is 0 Å². The Morgan fingerprint density at radius 3 is 1.00 bits per heavy atom. The van der Waals surface area contributed by atoms with Crippen LogP contribution in [0.4, 0.5) is 0 Å². The first kappa shape index (κ1) is 3.84. The van der Waals surface area contributed by atoms with Crippen LogP contribution in [0.5, 0.6) is 0 Å². The third-order valence-electron chi connectivity index (χ3n) is 0. The zero-order chi connectivity index (χ0) is 3.58. The molecule has 0 bridgehead atoms. The average Bonchev–Trinajstić information content (AvgIpc) is 0.811. The molecule has 0 aliphatic heterocycles. The summed E-state index contributed by atoms with van der Waals surface area (Å²) in [7, 11) is 0. The zero-order valence-electron chi connectivity index (χ0n) is 2.18. The molecular formula is H6N4. The van der Waals surface area contributed by atoms with Crippen LogP contribution in [-0.2, 0) is 0 Å². The molecule has 0 atom stereocenters. The lowest BCUT2D eigenvalue weighted by Gasteiger charge is -1.91. The fourth-order valence-corrected chi connectivity index (χ4v) is 0. The number of rotatable bonds is 0. The monoisotopic (exact) mass is 62.1 g/mol. The van der Waals surface area contributed by atoms with Crippen LogP contribution in [0.2, 0.25) is 0 Å². The van der Waals surface area contributed by atoms with Gasteiger partial charge in [0.25, 0.3) is 0 Å². The minimum Gasteiger partial charge on any atom is -0.241 e. The van der Waals surface area contributed by atoms with Crippen LogP contribution in [0, 0.1) is 0 Å². The second-order valence-corrected chi connectivity index (χ2v) is 0.447. The van der Waals surface area contributed by atoms with Gasteiger partial charge in [-0.2, -0.15) is 0 Å². The summed E-state index contributed by atoms with van der Waals surface area (Å²) in [6.45, 7) is 0. The Labute approximate surface area is 24.1 Å². The van der Waals surface area contributed by atoms with Crippen molar-refractivity contribution >= 4 is 0 Å². The summed E-state index contributed by atoms with van der Waals surface area (Å²) in [6, 6.07) is 0. The molecule has 26 valence electrons. The van der Waals surface area contributed by atoms with Gasteiger partial charge in [-0.25, -0.2) is 17.5 Å². The quantitative estimate of drug-likeness (QED) is 0.222. The summed E-state index contributed by atoms with van der Waals surface area (Å²) in [5, 5.41) is 0.500. The summed E-state index contributed by atoms with van der Waals surface area (Å²) in [5.74, 6) is 13.5. The molecule has 0 unspecified atom stereocenters.